The van der Waals surface area contributed by atoms with Crippen LogP contribution in [0.4, 0.5) is 0 Å². The number of Topliss-reactive ketones (excluding diaryl/α,β-unsaturated/α-hetero) is 1. The van der Waals surface area contributed by atoms with Crippen LogP contribution in [0.1, 0.15) is 85.5 Å². The predicted octanol–water partition coefficient (Wildman–Crippen LogP) is 1.04. The zero-order chi connectivity index (χ0) is 33.3. The lowest BCUT2D eigenvalue weighted by Crippen LogP contribution is -2.64. The van der Waals surface area contributed by atoms with Crippen molar-refractivity contribution in [3.8, 4) is 0 Å². The van der Waals surface area contributed by atoms with Crippen LogP contribution in [0.15, 0.2) is 0 Å². The summed E-state index contributed by atoms with van der Waals surface area (Å²) in [5.41, 5.74) is -1.09. The highest BCUT2D eigenvalue weighted by Crippen LogP contribution is 2.69. The van der Waals surface area contributed by atoms with Crippen LogP contribution < -0.4 is 0 Å². The van der Waals surface area contributed by atoms with Crippen molar-refractivity contribution in [3.05, 3.63) is 0 Å². The van der Waals surface area contributed by atoms with E-state index in [4.69, 9.17) is 23.7 Å². The molecule has 2 aliphatic heterocycles. The molecule has 12 heteroatoms. The first kappa shape index (κ1) is 35.1. The summed E-state index contributed by atoms with van der Waals surface area (Å²) < 4.78 is 29.7. The summed E-state index contributed by atoms with van der Waals surface area (Å²) in [6, 6.07) is 0. The Hall–Kier alpha value is -0.770. The third-order valence-corrected chi connectivity index (χ3v) is 13.8. The molecule has 0 aromatic carbocycles. The molecule has 0 aromatic heterocycles. The minimum atomic E-state index is -1.60. The predicted molar refractivity (Wildman–Crippen MR) is 162 cm³/mol. The van der Waals surface area contributed by atoms with Crippen LogP contribution in [0.5, 0.6) is 0 Å². The van der Waals surface area contributed by atoms with Crippen LogP contribution in [-0.2, 0) is 28.5 Å². The summed E-state index contributed by atoms with van der Waals surface area (Å²) in [6.07, 6.45) is -4.14. The fourth-order valence-electron chi connectivity index (χ4n) is 11.0. The quantitative estimate of drug-likeness (QED) is 0.214. The van der Waals surface area contributed by atoms with Crippen molar-refractivity contribution in [2.24, 2.45) is 34.5 Å². The fraction of sp³-hybridized carbons (Fsp3) is 0.971. The van der Waals surface area contributed by atoms with Crippen LogP contribution in [0.2, 0.25) is 0 Å². The van der Waals surface area contributed by atoms with Crippen molar-refractivity contribution in [1.82, 2.24) is 0 Å². The number of fused-ring (bicyclic) bond motifs is 5. The number of ether oxygens (including phenoxy) is 5. The molecule has 46 heavy (non-hydrogen) atoms. The Bertz CT molecular complexity index is 1110. The van der Waals surface area contributed by atoms with E-state index in [0.29, 0.717) is 18.3 Å². The molecule has 0 aromatic rings. The van der Waals surface area contributed by atoms with Crippen LogP contribution in [0, 0.1) is 34.5 Å². The van der Waals surface area contributed by atoms with Gasteiger partial charge >= 0.3 is 0 Å². The van der Waals surface area contributed by atoms with E-state index < -0.39 is 73.6 Å². The van der Waals surface area contributed by atoms with Gasteiger partial charge in [0.1, 0.15) is 48.5 Å². The maximum atomic E-state index is 12.5. The van der Waals surface area contributed by atoms with Crippen molar-refractivity contribution in [1.29, 1.82) is 0 Å². The van der Waals surface area contributed by atoms with Gasteiger partial charge in [-0.05, 0) is 94.8 Å². The van der Waals surface area contributed by atoms with Gasteiger partial charge < -0.3 is 54.3 Å². The second-order valence-corrected chi connectivity index (χ2v) is 15.8. The van der Waals surface area contributed by atoms with Crippen molar-refractivity contribution < 1.29 is 59.1 Å². The maximum absolute atomic E-state index is 12.5. The molecule has 6 fully saturated rings. The summed E-state index contributed by atoms with van der Waals surface area (Å²) >= 11 is 0. The van der Waals surface area contributed by atoms with Gasteiger partial charge in [-0.3, -0.25) is 4.79 Å². The Balaban J connectivity index is 1.09. The van der Waals surface area contributed by atoms with E-state index in [0.717, 1.165) is 51.4 Å². The van der Waals surface area contributed by atoms with Crippen molar-refractivity contribution in [3.63, 3.8) is 0 Å². The molecule has 6 aliphatic rings. The maximum Gasteiger partial charge on any atom is 0.187 e. The Labute approximate surface area is 271 Å². The smallest absolute Gasteiger partial charge is 0.187 e. The molecule has 2 heterocycles. The zero-order valence-corrected chi connectivity index (χ0v) is 27.9. The molecular weight excluding hydrogens is 600 g/mol. The third-order valence-electron chi connectivity index (χ3n) is 13.8. The van der Waals surface area contributed by atoms with Crippen LogP contribution in [-0.4, -0.2) is 123 Å². The highest BCUT2D eigenvalue weighted by atomic mass is 16.7. The molecule has 12 nitrogen and oxygen atoms in total. The first-order chi connectivity index (χ1) is 21.7. The van der Waals surface area contributed by atoms with E-state index in [1.807, 2.05) is 0 Å². The molecule has 0 radical (unpaired) electrons. The normalized spacial score (nSPS) is 55.7. The number of methoxy groups -OCH3 is 1. The number of rotatable bonds is 7. The minimum Gasteiger partial charge on any atom is -0.394 e. The van der Waals surface area contributed by atoms with Crippen molar-refractivity contribution in [2.75, 3.05) is 13.7 Å². The molecule has 3 unspecified atom stereocenters. The van der Waals surface area contributed by atoms with Gasteiger partial charge in [0.05, 0.1) is 24.4 Å². The van der Waals surface area contributed by atoms with E-state index in [2.05, 4.69) is 13.8 Å². The standard InChI is InChI=1S/C34H56O12/c1-16(36)20-10-13-34(41)22-7-6-18-14-19(8-11-32(18,3)21(22)9-12-33(20,34)4)44-31-27(40)29(42-5)28(17(2)43-31)46-30-26(39)25(38)24(37)23(15-35)45-30/h17-31,35,37-41H,6-15H2,1-5H3/t17-,18-,19+,20?,21?,22?,23-,24-,25+,26-,27-,28+,29-,30+,31+,32+,33-,34+/m1/s1. The van der Waals surface area contributed by atoms with Gasteiger partial charge in [-0.15, -0.1) is 0 Å². The molecule has 0 amide bonds. The molecule has 4 saturated carbocycles. The SMILES string of the molecule is CO[C@@H]1[C@@H](O)[C@H](O[C@H]2CC[C@]3(C)C4CC[C@]5(C)C(C(C)=O)CC[C@]5(O)C4CC[C@@H]3C2)O[C@H](C)[C@@H]1O[C@@H]1O[C@H](CO)[C@@H](O)[C@H](O)[C@H]1O. The van der Waals surface area contributed by atoms with Gasteiger partial charge in [-0.25, -0.2) is 0 Å². The van der Waals surface area contributed by atoms with Crippen LogP contribution in [0.3, 0.4) is 0 Å². The molecule has 6 rings (SSSR count). The third kappa shape index (κ3) is 5.42. The van der Waals surface area contributed by atoms with Gasteiger partial charge in [0.15, 0.2) is 12.6 Å². The molecular formula is C34H56O12. The number of ketones is 1. The van der Waals surface area contributed by atoms with Crippen LogP contribution >= 0.6 is 0 Å². The Morgan fingerprint density at radius 3 is 2.22 bits per heavy atom. The summed E-state index contributed by atoms with van der Waals surface area (Å²) in [5.74, 6) is 1.14. The minimum absolute atomic E-state index is 0.0597. The highest BCUT2D eigenvalue weighted by molar-refractivity contribution is 5.80. The average molecular weight is 657 g/mol. The molecule has 6 N–H and O–H groups in total. The van der Waals surface area contributed by atoms with E-state index in [1.165, 1.54) is 7.11 Å². The lowest BCUT2D eigenvalue weighted by Gasteiger charge is -2.63. The summed E-state index contributed by atoms with van der Waals surface area (Å²) in [7, 11) is 1.43. The zero-order valence-electron chi connectivity index (χ0n) is 27.9. The van der Waals surface area contributed by atoms with Crippen LogP contribution in [0.25, 0.3) is 0 Å². The first-order valence-electron chi connectivity index (χ1n) is 17.4. The average Bonchev–Trinajstić information content (AvgIpc) is 3.31. The monoisotopic (exact) mass is 656 g/mol. The van der Waals surface area contributed by atoms with Gasteiger partial charge in [-0.2, -0.15) is 0 Å². The van der Waals surface area contributed by atoms with Gasteiger partial charge in [0, 0.05) is 18.4 Å². The molecule has 4 aliphatic carbocycles. The molecule has 18 atom stereocenters. The number of carbonyl (C=O) groups is 1. The molecule has 264 valence electrons. The second-order valence-electron chi connectivity index (χ2n) is 15.8. The summed E-state index contributed by atoms with van der Waals surface area (Å²) in [5, 5.41) is 63.9. The Morgan fingerprint density at radius 2 is 1.54 bits per heavy atom. The van der Waals surface area contributed by atoms with E-state index in [1.54, 1.807) is 13.8 Å². The molecule has 0 bridgehead atoms. The highest BCUT2D eigenvalue weighted by Gasteiger charge is 2.68. The van der Waals surface area contributed by atoms with Crippen molar-refractivity contribution in [2.45, 2.75) is 159 Å². The Morgan fingerprint density at radius 1 is 0.826 bits per heavy atom. The lowest BCUT2D eigenvalue weighted by molar-refractivity contribution is -0.362. The number of aliphatic hydroxyl groups is 6. The largest absolute Gasteiger partial charge is 0.394 e. The van der Waals surface area contributed by atoms with E-state index in [9.17, 15) is 35.4 Å². The second kappa shape index (κ2) is 12.8. The number of hydrogen-bond acceptors (Lipinski definition) is 12. The van der Waals surface area contributed by atoms with Crippen molar-refractivity contribution >= 4 is 5.78 Å². The number of carbonyl (C=O) groups excluding carboxylic acids is 1. The lowest BCUT2D eigenvalue weighted by atomic mass is 9.43. The number of hydrogen-bond donors (Lipinski definition) is 6. The van der Waals surface area contributed by atoms with Gasteiger partial charge in [0.2, 0.25) is 0 Å². The van der Waals surface area contributed by atoms with Gasteiger partial charge in [0.25, 0.3) is 0 Å². The van der Waals surface area contributed by atoms with Gasteiger partial charge in [-0.1, -0.05) is 13.8 Å². The molecule has 0 spiro atoms. The fourth-order valence-corrected chi connectivity index (χ4v) is 11.0. The summed E-state index contributed by atoms with van der Waals surface area (Å²) in [6.45, 7) is 7.39. The molecule has 2 saturated heterocycles. The number of aliphatic hydroxyl groups excluding tert-OH is 5. The topological polar surface area (TPSA) is 185 Å². The first-order valence-corrected chi connectivity index (χ1v) is 17.4. The Kier molecular flexibility index (Phi) is 9.79. The van der Waals surface area contributed by atoms with E-state index >= 15 is 0 Å². The summed E-state index contributed by atoms with van der Waals surface area (Å²) in [4.78, 5) is 12.5. The van der Waals surface area contributed by atoms with E-state index in [-0.39, 0.29) is 34.6 Å².